The third kappa shape index (κ3) is 46.4. The third-order valence-electron chi connectivity index (χ3n) is 16.0. The molecule has 424 valence electrons. The first kappa shape index (κ1) is 67.6. The highest BCUT2D eigenvalue weighted by Gasteiger charge is 2.41. The minimum atomic E-state index is -0.118. The molecule has 2 heterocycles. The maximum Gasteiger partial charge on any atom is 0.157 e. The smallest absolute Gasteiger partial charge is 0.157 e. The first-order chi connectivity index (χ1) is 35.3. The Labute approximate surface area is 455 Å². The molecule has 0 atom stereocenters. The zero-order valence-corrected chi connectivity index (χ0v) is 50.2. The van der Waals surface area contributed by atoms with E-state index in [4.69, 9.17) is 18.9 Å². The molecule has 0 amide bonds. The highest BCUT2D eigenvalue weighted by molar-refractivity contribution is 7.99. The van der Waals surface area contributed by atoms with Gasteiger partial charge in [0.05, 0.1) is 31.8 Å². The second-order valence-electron chi connectivity index (χ2n) is 23.4. The summed E-state index contributed by atoms with van der Waals surface area (Å²) in [5.74, 6) is 5.06. The predicted octanol–water partition coefficient (Wildman–Crippen LogP) is 22.5. The summed E-state index contributed by atoms with van der Waals surface area (Å²) in [6, 6.07) is 0. The van der Waals surface area contributed by atoms with Crippen LogP contribution in [0.1, 0.15) is 348 Å². The van der Waals surface area contributed by atoms with Gasteiger partial charge in [0.2, 0.25) is 0 Å². The Morgan fingerprint density at radius 1 is 0.239 bits per heavy atom. The summed E-state index contributed by atoms with van der Waals surface area (Å²) >= 11 is 4.25. The molecule has 6 heteroatoms. The lowest BCUT2D eigenvalue weighted by molar-refractivity contribution is -0.303. The van der Waals surface area contributed by atoms with Crippen molar-refractivity contribution in [3.05, 3.63) is 0 Å². The lowest BCUT2D eigenvalue weighted by Crippen LogP contribution is -2.52. The van der Waals surface area contributed by atoms with Crippen LogP contribution in [0, 0.1) is 5.41 Å². The van der Waals surface area contributed by atoms with E-state index in [0.717, 1.165) is 12.8 Å². The van der Waals surface area contributed by atoms with Crippen molar-refractivity contribution in [2.24, 2.45) is 5.41 Å². The van der Waals surface area contributed by atoms with Gasteiger partial charge in [0, 0.05) is 0 Å². The van der Waals surface area contributed by atoms with Crippen molar-refractivity contribution in [2.75, 3.05) is 49.4 Å². The van der Waals surface area contributed by atoms with Gasteiger partial charge in [0.25, 0.3) is 0 Å². The Bertz CT molecular complexity index is 916. The lowest BCUT2D eigenvalue weighted by atomic mass is 9.90. The van der Waals surface area contributed by atoms with Crippen LogP contribution >= 0.6 is 23.5 Å². The van der Waals surface area contributed by atoms with Gasteiger partial charge in [-0.1, -0.05) is 309 Å². The Balaban J connectivity index is 1.20. The van der Waals surface area contributed by atoms with Crippen LogP contribution in [0.25, 0.3) is 0 Å². The Hall–Kier alpha value is 0.540. The molecular formula is C65H128O4S2. The zero-order valence-electron chi connectivity index (χ0n) is 48.5. The highest BCUT2D eigenvalue weighted by Crippen LogP contribution is 2.32. The van der Waals surface area contributed by atoms with Gasteiger partial charge in [-0.25, -0.2) is 0 Å². The van der Waals surface area contributed by atoms with Crippen LogP contribution in [0.2, 0.25) is 0 Å². The topological polar surface area (TPSA) is 36.9 Å². The van der Waals surface area contributed by atoms with Crippen LogP contribution in [0.3, 0.4) is 0 Å². The summed E-state index contributed by atoms with van der Waals surface area (Å²) in [6.07, 6.45) is 74.2. The summed E-state index contributed by atoms with van der Waals surface area (Å²) in [7, 11) is 0. The Kier molecular flexibility index (Phi) is 52.7. The molecule has 0 radical (unpaired) electrons. The van der Waals surface area contributed by atoms with Crippen molar-refractivity contribution in [3.8, 4) is 0 Å². The van der Waals surface area contributed by atoms with Crippen LogP contribution < -0.4 is 0 Å². The molecule has 2 aliphatic rings. The van der Waals surface area contributed by atoms with E-state index in [1.165, 1.54) is 344 Å². The summed E-state index contributed by atoms with van der Waals surface area (Å²) in [4.78, 5) is 0. The van der Waals surface area contributed by atoms with Crippen molar-refractivity contribution in [1.29, 1.82) is 0 Å². The maximum absolute atomic E-state index is 6.19. The SMILES string of the molecule is CCCCCCCCCCCCCCCCCCCCCCCCCCSCCCC1OCC2(CO1)COC(CCCSCCCCCCCCCCCCCCCCCCCCCCCCCC)OC2. The molecule has 0 saturated carbocycles. The number of hydrogen-bond donors (Lipinski definition) is 0. The summed E-state index contributed by atoms with van der Waals surface area (Å²) in [5, 5.41) is 0. The van der Waals surface area contributed by atoms with E-state index in [2.05, 4.69) is 37.4 Å². The average molecular weight is 1040 g/mol. The van der Waals surface area contributed by atoms with Gasteiger partial charge in [-0.3, -0.25) is 0 Å². The van der Waals surface area contributed by atoms with E-state index in [1.54, 1.807) is 0 Å². The fraction of sp³-hybridized carbons (Fsp3) is 1.00. The summed E-state index contributed by atoms with van der Waals surface area (Å²) < 4.78 is 24.8. The molecule has 4 nitrogen and oxygen atoms in total. The lowest BCUT2D eigenvalue weighted by Gasteiger charge is -2.43. The molecule has 2 saturated heterocycles. The van der Waals surface area contributed by atoms with Gasteiger partial charge < -0.3 is 18.9 Å². The quantitative estimate of drug-likeness (QED) is 0.0565. The van der Waals surface area contributed by atoms with E-state index in [9.17, 15) is 0 Å². The number of rotatable bonds is 58. The van der Waals surface area contributed by atoms with E-state index < -0.39 is 0 Å². The number of thioether (sulfide) groups is 2. The Morgan fingerprint density at radius 3 is 0.606 bits per heavy atom. The van der Waals surface area contributed by atoms with Crippen LogP contribution in [-0.4, -0.2) is 62.0 Å². The van der Waals surface area contributed by atoms with Crippen LogP contribution in [0.4, 0.5) is 0 Å². The number of hydrogen-bond acceptors (Lipinski definition) is 6. The van der Waals surface area contributed by atoms with E-state index in [-0.39, 0.29) is 18.0 Å². The van der Waals surface area contributed by atoms with Crippen LogP contribution in [0.15, 0.2) is 0 Å². The second kappa shape index (κ2) is 55.3. The number of ether oxygens (including phenoxy) is 4. The van der Waals surface area contributed by atoms with Crippen molar-refractivity contribution in [3.63, 3.8) is 0 Å². The molecule has 1 spiro atoms. The van der Waals surface area contributed by atoms with Crippen molar-refractivity contribution >= 4 is 23.5 Å². The van der Waals surface area contributed by atoms with Crippen LogP contribution in [0.5, 0.6) is 0 Å². The molecule has 2 rings (SSSR count). The molecule has 0 unspecified atom stereocenters. The van der Waals surface area contributed by atoms with Crippen LogP contribution in [-0.2, 0) is 18.9 Å². The molecule has 0 aliphatic carbocycles. The van der Waals surface area contributed by atoms with Gasteiger partial charge in [-0.2, -0.15) is 23.5 Å². The van der Waals surface area contributed by atoms with Crippen molar-refractivity contribution < 1.29 is 18.9 Å². The normalized spacial score (nSPS) is 18.3. The Morgan fingerprint density at radius 2 is 0.408 bits per heavy atom. The van der Waals surface area contributed by atoms with Gasteiger partial charge >= 0.3 is 0 Å². The van der Waals surface area contributed by atoms with Crippen molar-refractivity contribution in [2.45, 2.75) is 360 Å². The molecule has 2 aliphatic heterocycles. The summed E-state index contributed by atoms with van der Waals surface area (Å²) in [5.41, 5.74) is -0.118. The minimum absolute atomic E-state index is 0.0524. The first-order valence-corrected chi connectivity index (χ1v) is 35.2. The first-order valence-electron chi connectivity index (χ1n) is 32.9. The fourth-order valence-corrected chi connectivity index (χ4v) is 13.0. The molecule has 0 bridgehead atoms. The van der Waals surface area contributed by atoms with E-state index in [1.807, 2.05) is 0 Å². The molecular weight excluding hydrogens is 909 g/mol. The van der Waals surface area contributed by atoms with Crippen molar-refractivity contribution in [1.82, 2.24) is 0 Å². The predicted molar refractivity (Wildman–Crippen MR) is 320 cm³/mol. The monoisotopic (exact) mass is 1040 g/mol. The highest BCUT2D eigenvalue weighted by atomic mass is 32.2. The zero-order chi connectivity index (χ0) is 50.3. The van der Waals surface area contributed by atoms with Gasteiger partial charge in [-0.05, 0) is 61.5 Å². The van der Waals surface area contributed by atoms with E-state index in [0.29, 0.717) is 26.4 Å². The van der Waals surface area contributed by atoms with Gasteiger partial charge in [-0.15, -0.1) is 0 Å². The maximum atomic E-state index is 6.19. The summed E-state index contributed by atoms with van der Waals surface area (Å²) in [6.45, 7) is 7.42. The minimum Gasteiger partial charge on any atom is -0.352 e. The van der Waals surface area contributed by atoms with Gasteiger partial charge in [0.15, 0.2) is 12.6 Å². The number of unbranched alkanes of at least 4 members (excludes halogenated alkanes) is 46. The molecule has 2 fully saturated rings. The van der Waals surface area contributed by atoms with E-state index >= 15 is 0 Å². The standard InChI is InChI=1S/C65H128O4S2/c1-3-5-7-9-11-13-15-17-19-21-23-25-27-29-31-33-35-37-39-41-43-45-47-49-55-70-57-51-53-63-66-59-65(60-67-63)61-68-64(69-62-65)54-52-58-71-56-50-48-46-44-42-40-38-36-34-32-30-28-26-24-22-20-18-16-14-12-10-8-6-4-2/h63-64H,3-62H2,1-2H3. The molecule has 0 aromatic carbocycles. The fourth-order valence-electron chi connectivity index (χ4n) is 11.0. The molecule has 71 heavy (non-hydrogen) atoms. The second-order valence-corrected chi connectivity index (χ2v) is 25.8. The molecule has 0 aromatic heterocycles. The molecule has 0 aromatic rings. The third-order valence-corrected chi connectivity index (χ3v) is 18.4. The van der Waals surface area contributed by atoms with Gasteiger partial charge in [0.1, 0.15) is 0 Å². The molecule has 0 N–H and O–H groups in total. The largest absolute Gasteiger partial charge is 0.352 e. The average Bonchev–Trinajstić information content (AvgIpc) is 3.39.